The van der Waals surface area contributed by atoms with Crippen molar-refractivity contribution in [3.8, 4) is 5.75 Å². The van der Waals surface area contributed by atoms with Gasteiger partial charge in [0.1, 0.15) is 17.3 Å². The number of benzene rings is 2. The van der Waals surface area contributed by atoms with E-state index in [0.717, 1.165) is 5.56 Å². The molecule has 0 spiro atoms. The second-order valence-corrected chi connectivity index (χ2v) is 7.84. The SMILES string of the molecule is O=C(Nc1nn(Cc2ccc(F)cc2)cc1Br)c1ccnn1COc1ccc(Cl)cc1. The van der Waals surface area contributed by atoms with E-state index in [1.165, 1.54) is 23.0 Å². The number of anilines is 1. The quantitative estimate of drug-likeness (QED) is 0.386. The average molecular weight is 505 g/mol. The van der Waals surface area contributed by atoms with Gasteiger partial charge in [0.2, 0.25) is 0 Å². The average Bonchev–Trinajstić information content (AvgIpc) is 3.36. The molecule has 1 amide bonds. The van der Waals surface area contributed by atoms with E-state index in [2.05, 4.69) is 31.4 Å². The molecule has 4 rings (SSSR count). The lowest BCUT2D eigenvalue weighted by molar-refractivity contribution is 0.100. The van der Waals surface area contributed by atoms with Crippen molar-refractivity contribution in [1.29, 1.82) is 0 Å². The molecule has 158 valence electrons. The first kappa shape index (κ1) is 21.1. The van der Waals surface area contributed by atoms with Crippen LogP contribution in [0.2, 0.25) is 5.02 Å². The largest absolute Gasteiger partial charge is 0.471 e. The lowest BCUT2D eigenvalue weighted by atomic mass is 10.2. The van der Waals surface area contributed by atoms with E-state index in [-0.39, 0.29) is 18.5 Å². The third-order valence-electron chi connectivity index (χ3n) is 4.32. The molecule has 0 radical (unpaired) electrons. The van der Waals surface area contributed by atoms with Gasteiger partial charge in [0.05, 0.1) is 11.0 Å². The van der Waals surface area contributed by atoms with Gasteiger partial charge in [0.15, 0.2) is 12.5 Å². The zero-order valence-electron chi connectivity index (χ0n) is 16.0. The van der Waals surface area contributed by atoms with E-state index in [9.17, 15) is 9.18 Å². The fourth-order valence-electron chi connectivity index (χ4n) is 2.81. The molecule has 0 fully saturated rings. The molecular weight excluding hydrogens is 489 g/mol. The standard InChI is InChI=1S/C21H16BrClFN5O2/c22-18-12-28(11-14-1-5-16(24)6-2-14)27-20(18)26-21(30)19-9-10-25-29(19)13-31-17-7-3-15(23)4-8-17/h1-10,12H,11,13H2,(H,26,27,30). The number of nitrogens with one attached hydrogen (secondary N) is 1. The second kappa shape index (κ2) is 9.32. The summed E-state index contributed by atoms with van der Waals surface area (Å²) >= 11 is 9.27. The van der Waals surface area contributed by atoms with E-state index in [1.54, 1.807) is 53.3 Å². The van der Waals surface area contributed by atoms with Crippen molar-refractivity contribution in [3.63, 3.8) is 0 Å². The predicted octanol–water partition coefficient (Wildman–Crippen LogP) is 4.97. The highest BCUT2D eigenvalue weighted by Gasteiger charge is 2.16. The smallest absolute Gasteiger partial charge is 0.275 e. The molecule has 0 aliphatic heterocycles. The Labute approximate surface area is 190 Å². The highest BCUT2D eigenvalue weighted by molar-refractivity contribution is 9.10. The van der Waals surface area contributed by atoms with Crippen LogP contribution in [0.5, 0.6) is 5.75 Å². The first-order valence-electron chi connectivity index (χ1n) is 9.17. The highest BCUT2D eigenvalue weighted by Crippen LogP contribution is 2.22. The molecular formula is C21H16BrClFN5O2. The number of carbonyl (C=O) groups excluding carboxylic acids is 1. The zero-order valence-corrected chi connectivity index (χ0v) is 18.3. The Balaban J connectivity index is 1.42. The lowest BCUT2D eigenvalue weighted by Crippen LogP contribution is -2.20. The van der Waals surface area contributed by atoms with E-state index in [0.29, 0.717) is 33.3 Å². The van der Waals surface area contributed by atoms with Crippen LogP contribution in [-0.2, 0) is 13.3 Å². The third kappa shape index (κ3) is 5.31. The van der Waals surface area contributed by atoms with Crippen LogP contribution in [0, 0.1) is 5.82 Å². The molecule has 0 atom stereocenters. The van der Waals surface area contributed by atoms with Crippen molar-refractivity contribution >= 4 is 39.3 Å². The molecule has 0 saturated heterocycles. The van der Waals surface area contributed by atoms with Crippen LogP contribution in [0.25, 0.3) is 0 Å². The monoisotopic (exact) mass is 503 g/mol. The Morgan fingerprint density at radius 3 is 2.61 bits per heavy atom. The maximum Gasteiger partial charge on any atom is 0.275 e. The summed E-state index contributed by atoms with van der Waals surface area (Å²) in [6, 6.07) is 14.6. The van der Waals surface area contributed by atoms with Gasteiger partial charge < -0.3 is 10.1 Å². The van der Waals surface area contributed by atoms with Crippen LogP contribution >= 0.6 is 27.5 Å². The van der Waals surface area contributed by atoms with Crippen molar-refractivity contribution < 1.29 is 13.9 Å². The van der Waals surface area contributed by atoms with Crippen molar-refractivity contribution in [3.05, 3.63) is 93.6 Å². The maximum atomic E-state index is 13.1. The fourth-order valence-corrected chi connectivity index (χ4v) is 3.35. The van der Waals surface area contributed by atoms with Gasteiger partial charge in [-0.3, -0.25) is 9.48 Å². The Morgan fingerprint density at radius 1 is 1.13 bits per heavy atom. The van der Waals surface area contributed by atoms with Crippen molar-refractivity contribution in [2.45, 2.75) is 13.3 Å². The van der Waals surface area contributed by atoms with Crippen molar-refractivity contribution in [2.75, 3.05) is 5.32 Å². The van der Waals surface area contributed by atoms with Crippen LogP contribution in [0.4, 0.5) is 10.2 Å². The Morgan fingerprint density at radius 2 is 1.87 bits per heavy atom. The minimum Gasteiger partial charge on any atom is -0.471 e. The van der Waals surface area contributed by atoms with E-state index < -0.39 is 0 Å². The van der Waals surface area contributed by atoms with Gasteiger partial charge in [-0.1, -0.05) is 23.7 Å². The molecule has 2 heterocycles. The fraction of sp³-hybridized carbons (Fsp3) is 0.0952. The molecule has 2 aromatic heterocycles. The van der Waals surface area contributed by atoms with E-state index >= 15 is 0 Å². The number of hydrogen-bond acceptors (Lipinski definition) is 4. The number of hydrogen-bond donors (Lipinski definition) is 1. The predicted molar refractivity (Wildman–Crippen MR) is 118 cm³/mol. The normalized spacial score (nSPS) is 10.8. The van der Waals surface area contributed by atoms with Crippen LogP contribution in [0.3, 0.4) is 0 Å². The summed E-state index contributed by atoms with van der Waals surface area (Å²) in [6.45, 7) is 0.485. The molecule has 0 unspecified atom stereocenters. The van der Waals surface area contributed by atoms with Crippen LogP contribution in [0.15, 0.2) is 71.5 Å². The number of halogens is 3. The molecule has 7 nitrogen and oxygen atoms in total. The first-order chi connectivity index (χ1) is 15.0. The summed E-state index contributed by atoms with van der Waals surface area (Å²) in [7, 11) is 0. The number of ether oxygens (including phenoxy) is 1. The van der Waals surface area contributed by atoms with E-state index in [1.807, 2.05) is 0 Å². The summed E-state index contributed by atoms with van der Waals surface area (Å²) in [5.74, 6) is 0.284. The Hall–Kier alpha value is -3.17. The second-order valence-electron chi connectivity index (χ2n) is 6.55. The topological polar surface area (TPSA) is 74.0 Å². The number of nitrogens with zero attached hydrogens (tertiary/aromatic N) is 4. The molecule has 10 heteroatoms. The highest BCUT2D eigenvalue weighted by atomic mass is 79.9. The first-order valence-corrected chi connectivity index (χ1v) is 10.3. The van der Waals surface area contributed by atoms with Gasteiger partial charge in [0, 0.05) is 17.4 Å². The molecule has 0 bridgehead atoms. The van der Waals surface area contributed by atoms with E-state index in [4.69, 9.17) is 16.3 Å². The van der Waals surface area contributed by atoms with Crippen LogP contribution in [0.1, 0.15) is 16.1 Å². The van der Waals surface area contributed by atoms with Crippen molar-refractivity contribution in [1.82, 2.24) is 19.6 Å². The molecule has 31 heavy (non-hydrogen) atoms. The third-order valence-corrected chi connectivity index (χ3v) is 5.16. The summed E-state index contributed by atoms with van der Waals surface area (Å²) in [5, 5.41) is 11.9. The van der Waals surface area contributed by atoms with Gasteiger partial charge in [0.25, 0.3) is 5.91 Å². The minimum absolute atomic E-state index is 0.0531. The molecule has 0 saturated carbocycles. The van der Waals surface area contributed by atoms with Crippen LogP contribution in [-0.4, -0.2) is 25.5 Å². The Bertz CT molecular complexity index is 1190. The molecule has 1 N–H and O–H groups in total. The summed E-state index contributed by atoms with van der Waals surface area (Å²) in [6.07, 6.45) is 3.25. The van der Waals surface area contributed by atoms with Gasteiger partial charge in [-0.2, -0.15) is 10.2 Å². The number of rotatable bonds is 7. The zero-order chi connectivity index (χ0) is 21.8. The minimum atomic E-state index is -0.384. The van der Waals surface area contributed by atoms with Gasteiger partial charge >= 0.3 is 0 Å². The maximum absolute atomic E-state index is 13.1. The van der Waals surface area contributed by atoms with Gasteiger partial charge in [-0.05, 0) is 64.0 Å². The molecule has 4 aromatic rings. The molecule has 0 aliphatic rings. The number of carbonyl (C=O) groups is 1. The summed E-state index contributed by atoms with van der Waals surface area (Å²) in [4.78, 5) is 12.8. The molecule has 2 aromatic carbocycles. The van der Waals surface area contributed by atoms with Crippen LogP contribution < -0.4 is 10.1 Å². The summed E-state index contributed by atoms with van der Waals surface area (Å²) in [5.41, 5.74) is 1.20. The Kier molecular flexibility index (Phi) is 6.34. The number of amides is 1. The number of aromatic nitrogens is 4. The molecule has 0 aliphatic carbocycles. The summed E-state index contributed by atoms with van der Waals surface area (Å²) < 4.78 is 22.4. The van der Waals surface area contributed by atoms with Crippen molar-refractivity contribution in [2.24, 2.45) is 0 Å². The van der Waals surface area contributed by atoms with Gasteiger partial charge in [-0.15, -0.1) is 0 Å². The van der Waals surface area contributed by atoms with Gasteiger partial charge in [-0.25, -0.2) is 9.07 Å². The lowest BCUT2D eigenvalue weighted by Gasteiger charge is -2.09.